The Kier molecular flexibility index (Phi) is 12.2. The second-order valence-corrected chi connectivity index (χ2v) is 12.1. The molecule has 0 aliphatic heterocycles. The fourth-order valence-electron chi connectivity index (χ4n) is 4.27. The van der Waals surface area contributed by atoms with Gasteiger partial charge in [0, 0.05) is 16.6 Å². The summed E-state index contributed by atoms with van der Waals surface area (Å²) in [4.78, 5) is 40.2. The van der Waals surface area contributed by atoms with Gasteiger partial charge < -0.3 is 25.4 Å². The van der Waals surface area contributed by atoms with Crippen molar-refractivity contribution in [2.75, 3.05) is 12.4 Å². The zero-order valence-electron chi connectivity index (χ0n) is 24.9. The number of carbonyl (C=O) groups excluding carboxylic acids is 3. The molecule has 0 saturated carbocycles. The van der Waals surface area contributed by atoms with E-state index in [2.05, 4.69) is 16.0 Å². The van der Waals surface area contributed by atoms with Gasteiger partial charge in [-0.2, -0.15) is 0 Å². The first kappa shape index (κ1) is 32.4. The molecule has 1 aromatic heterocycles. The fourth-order valence-corrected chi connectivity index (χ4v) is 4.99. The Morgan fingerprint density at radius 3 is 2.29 bits per heavy atom. The summed E-state index contributed by atoms with van der Waals surface area (Å²) in [5.41, 5.74) is 1.03. The highest BCUT2D eigenvalue weighted by atomic mass is 32.1. The number of hydrogen-bond donors (Lipinski definition) is 3. The van der Waals surface area contributed by atoms with Crippen molar-refractivity contribution >= 4 is 34.9 Å². The molecule has 8 nitrogen and oxygen atoms in total. The third-order valence-corrected chi connectivity index (χ3v) is 7.34. The molecule has 0 saturated heterocycles. The summed E-state index contributed by atoms with van der Waals surface area (Å²) in [5.74, 6) is -0.0365. The molecule has 42 heavy (non-hydrogen) atoms. The maximum Gasteiger partial charge on any atom is 0.408 e. The zero-order valence-corrected chi connectivity index (χ0v) is 25.7. The molecule has 0 aliphatic carbocycles. The van der Waals surface area contributed by atoms with Crippen LogP contribution in [-0.4, -0.2) is 42.7 Å². The molecular formula is C33H41N3O5S. The van der Waals surface area contributed by atoms with Crippen LogP contribution in [0.1, 0.15) is 44.6 Å². The maximum atomic E-state index is 13.6. The number of ether oxygens (including phenoxy) is 2. The first-order chi connectivity index (χ1) is 20.0. The molecule has 0 spiro atoms. The summed E-state index contributed by atoms with van der Waals surface area (Å²) in [5, 5.41) is 10.6. The standard InChI is InChI=1S/C33H41N3O5S/c1-23(22-24-10-7-6-8-11-24)28(19-20-30(37)34-25-13-15-26(40-5)16-14-25)35-31(38)29(18-17-27-12-9-21-42-27)36-32(39)41-33(2,3)4/h6-16,19-21,23,28-29H,17-18,22H2,1-5H3,(H,34,37)(H,35,38)(H,36,39). The molecular weight excluding hydrogens is 550 g/mol. The minimum Gasteiger partial charge on any atom is -0.497 e. The number of methoxy groups -OCH3 is 1. The fraction of sp³-hybridized carbons (Fsp3) is 0.364. The van der Waals surface area contributed by atoms with E-state index < -0.39 is 23.8 Å². The number of thiophene rings is 1. The van der Waals surface area contributed by atoms with Gasteiger partial charge in [-0.3, -0.25) is 9.59 Å². The van der Waals surface area contributed by atoms with Gasteiger partial charge in [0.05, 0.1) is 13.2 Å². The number of nitrogens with one attached hydrogen (secondary N) is 3. The van der Waals surface area contributed by atoms with Gasteiger partial charge in [-0.25, -0.2) is 4.79 Å². The average Bonchev–Trinajstić information content (AvgIpc) is 3.47. The van der Waals surface area contributed by atoms with Crippen LogP contribution in [0.5, 0.6) is 5.75 Å². The Balaban J connectivity index is 1.76. The molecule has 0 fully saturated rings. The molecule has 3 amide bonds. The number of amides is 3. The molecule has 0 aliphatic rings. The van der Waals surface area contributed by atoms with E-state index in [1.54, 1.807) is 69.6 Å². The molecule has 9 heteroatoms. The van der Waals surface area contributed by atoms with Gasteiger partial charge in [0.1, 0.15) is 17.4 Å². The lowest BCUT2D eigenvalue weighted by atomic mass is 9.93. The Hall–Kier alpha value is -4.11. The van der Waals surface area contributed by atoms with Crippen LogP contribution in [0.3, 0.4) is 0 Å². The lowest BCUT2D eigenvalue weighted by Crippen LogP contribution is -2.51. The lowest BCUT2D eigenvalue weighted by molar-refractivity contribution is -0.124. The number of alkyl carbamates (subject to hydrolysis) is 1. The van der Waals surface area contributed by atoms with Crippen LogP contribution in [0.25, 0.3) is 0 Å². The van der Waals surface area contributed by atoms with E-state index in [9.17, 15) is 14.4 Å². The minimum atomic E-state index is -0.824. The number of anilines is 1. The van der Waals surface area contributed by atoms with E-state index in [0.29, 0.717) is 30.7 Å². The van der Waals surface area contributed by atoms with Crippen LogP contribution in [0.15, 0.2) is 84.3 Å². The molecule has 2 aromatic carbocycles. The van der Waals surface area contributed by atoms with Gasteiger partial charge in [-0.05, 0) is 87.2 Å². The molecule has 3 unspecified atom stereocenters. The number of carbonyl (C=O) groups is 3. The van der Waals surface area contributed by atoms with Crippen molar-refractivity contribution in [1.29, 1.82) is 0 Å². The number of rotatable bonds is 13. The van der Waals surface area contributed by atoms with E-state index in [1.807, 2.05) is 54.8 Å². The van der Waals surface area contributed by atoms with E-state index in [0.717, 1.165) is 10.4 Å². The van der Waals surface area contributed by atoms with Crippen molar-refractivity contribution < 1.29 is 23.9 Å². The van der Waals surface area contributed by atoms with E-state index in [4.69, 9.17) is 9.47 Å². The smallest absolute Gasteiger partial charge is 0.408 e. The Bertz CT molecular complexity index is 1300. The summed E-state index contributed by atoms with van der Waals surface area (Å²) in [6.45, 7) is 7.34. The monoisotopic (exact) mass is 591 g/mol. The van der Waals surface area contributed by atoms with E-state index in [1.165, 1.54) is 6.08 Å². The summed E-state index contributed by atoms with van der Waals surface area (Å²) < 4.78 is 10.6. The Labute approximate surface area is 252 Å². The SMILES string of the molecule is COc1ccc(NC(=O)C=CC(NC(=O)C(CCc2cccs2)NC(=O)OC(C)(C)C)C(C)Cc2ccccc2)cc1. The van der Waals surface area contributed by atoms with Crippen LogP contribution in [0.2, 0.25) is 0 Å². The minimum absolute atomic E-state index is 0.0548. The second-order valence-electron chi connectivity index (χ2n) is 11.1. The van der Waals surface area contributed by atoms with Crippen LogP contribution in [-0.2, 0) is 27.2 Å². The van der Waals surface area contributed by atoms with Crippen molar-refractivity contribution in [2.45, 2.75) is 64.6 Å². The zero-order chi connectivity index (χ0) is 30.5. The highest BCUT2D eigenvalue weighted by Gasteiger charge is 2.27. The summed E-state index contributed by atoms with van der Waals surface area (Å²) >= 11 is 1.60. The Morgan fingerprint density at radius 2 is 1.67 bits per heavy atom. The first-order valence-corrected chi connectivity index (χ1v) is 14.9. The summed E-state index contributed by atoms with van der Waals surface area (Å²) in [7, 11) is 1.58. The van der Waals surface area contributed by atoms with Crippen molar-refractivity contribution in [1.82, 2.24) is 10.6 Å². The number of benzene rings is 2. The summed E-state index contributed by atoms with van der Waals surface area (Å²) in [6.07, 6.45) is 4.17. The van der Waals surface area contributed by atoms with Gasteiger partial charge in [-0.1, -0.05) is 49.4 Å². The van der Waals surface area contributed by atoms with Crippen LogP contribution in [0.4, 0.5) is 10.5 Å². The predicted octanol–water partition coefficient (Wildman–Crippen LogP) is 6.14. The quantitative estimate of drug-likeness (QED) is 0.207. The summed E-state index contributed by atoms with van der Waals surface area (Å²) in [6, 6.07) is 19.6. The van der Waals surface area contributed by atoms with E-state index in [-0.39, 0.29) is 17.7 Å². The van der Waals surface area contributed by atoms with Gasteiger partial charge in [0.25, 0.3) is 0 Å². The third kappa shape index (κ3) is 11.4. The molecule has 0 bridgehead atoms. The second kappa shape index (κ2) is 15.8. The maximum absolute atomic E-state index is 13.6. The Morgan fingerprint density at radius 1 is 0.952 bits per heavy atom. The molecule has 3 atom stereocenters. The molecule has 3 N–H and O–H groups in total. The molecule has 3 rings (SSSR count). The van der Waals surface area contributed by atoms with Crippen LogP contribution in [0, 0.1) is 5.92 Å². The number of hydrogen-bond acceptors (Lipinski definition) is 6. The lowest BCUT2D eigenvalue weighted by Gasteiger charge is -2.27. The highest BCUT2D eigenvalue weighted by molar-refractivity contribution is 7.09. The molecule has 0 radical (unpaired) electrons. The molecule has 3 aromatic rings. The third-order valence-electron chi connectivity index (χ3n) is 6.40. The molecule has 224 valence electrons. The van der Waals surface area contributed by atoms with Gasteiger partial charge in [0.2, 0.25) is 11.8 Å². The van der Waals surface area contributed by atoms with Gasteiger partial charge >= 0.3 is 6.09 Å². The topological polar surface area (TPSA) is 106 Å². The number of aryl methyl sites for hydroxylation is 1. The predicted molar refractivity (Wildman–Crippen MR) is 168 cm³/mol. The van der Waals surface area contributed by atoms with Crippen molar-refractivity contribution in [3.63, 3.8) is 0 Å². The largest absolute Gasteiger partial charge is 0.497 e. The van der Waals surface area contributed by atoms with E-state index >= 15 is 0 Å². The van der Waals surface area contributed by atoms with Crippen molar-refractivity contribution in [3.05, 3.63) is 94.7 Å². The van der Waals surface area contributed by atoms with Crippen LogP contribution >= 0.6 is 11.3 Å². The van der Waals surface area contributed by atoms with Crippen LogP contribution < -0.4 is 20.7 Å². The first-order valence-electron chi connectivity index (χ1n) is 14.0. The highest BCUT2D eigenvalue weighted by Crippen LogP contribution is 2.18. The van der Waals surface area contributed by atoms with Gasteiger partial charge in [-0.15, -0.1) is 11.3 Å². The normalized spacial score (nSPS) is 13.5. The van der Waals surface area contributed by atoms with Crippen molar-refractivity contribution in [3.8, 4) is 5.75 Å². The average molecular weight is 592 g/mol. The molecule has 1 heterocycles. The van der Waals surface area contributed by atoms with Crippen molar-refractivity contribution in [2.24, 2.45) is 5.92 Å². The van der Waals surface area contributed by atoms with Gasteiger partial charge in [0.15, 0.2) is 0 Å².